The zero-order valence-electron chi connectivity index (χ0n) is 9.02. The summed E-state index contributed by atoms with van der Waals surface area (Å²) in [5.74, 6) is -1.64. The van der Waals surface area contributed by atoms with Crippen molar-refractivity contribution in [1.82, 2.24) is 4.98 Å². The summed E-state index contributed by atoms with van der Waals surface area (Å²) in [5, 5.41) is 8.73. The highest BCUT2D eigenvalue weighted by Gasteiger charge is 2.10. The highest BCUT2D eigenvalue weighted by Crippen LogP contribution is 2.28. The van der Waals surface area contributed by atoms with Crippen LogP contribution >= 0.6 is 11.6 Å². The van der Waals surface area contributed by atoms with Crippen LogP contribution in [0.3, 0.4) is 0 Å². The first-order valence-corrected chi connectivity index (χ1v) is 5.32. The first-order valence-electron chi connectivity index (χ1n) is 4.94. The third-order valence-electron chi connectivity index (χ3n) is 2.37. The number of nitrogens with two attached hydrogens (primary N) is 1. The van der Waals surface area contributed by atoms with Gasteiger partial charge in [0, 0.05) is 5.56 Å². The molecular weight excluding hydrogens is 259 g/mol. The third kappa shape index (κ3) is 2.26. The highest BCUT2D eigenvalue weighted by molar-refractivity contribution is 6.31. The largest absolute Gasteiger partial charge is 0.477 e. The van der Waals surface area contributed by atoms with Crippen molar-refractivity contribution in [3.8, 4) is 11.1 Å². The van der Waals surface area contributed by atoms with E-state index in [1.165, 1.54) is 30.3 Å². The number of hydrogen-bond acceptors (Lipinski definition) is 3. The van der Waals surface area contributed by atoms with E-state index in [4.69, 9.17) is 22.4 Å². The maximum Gasteiger partial charge on any atom is 0.354 e. The summed E-state index contributed by atoms with van der Waals surface area (Å²) in [6.45, 7) is 0. The first-order chi connectivity index (χ1) is 8.49. The lowest BCUT2D eigenvalue weighted by Gasteiger charge is -2.06. The molecule has 0 amide bonds. The Hall–Kier alpha value is -2.14. The van der Waals surface area contributed by atoms with Crippen molar-refractivity contribution in [2.75, 3.05) is 5.73 Å². The zero-order chi connectivity index (χ0) is 13.3. The number of carbonyl (C=O) groups is 1. The van der Waals surface area contributed by atoms with Crippen molar-refractivity contribution < 1.29 is 14.3 Å². The van der Waals surface area contributed by atoms with Gasteiger partial charge in [-0.05, 0) is 29.8 Å². The number of rotatable bonds is 2. The van der Waals surface area contributed by atoms with Crippen LogP contribution in [0.1, 0.15) is 10.5 Å². The van der Waals surface area contributed by atoms with Gasteiger partial charge in [-0.15, -0.1) is 0 Å². The van der Waals surface area contributed by atoms with Crippen molar-refractivity contribution in [2.24, 2.45) is 0 Å². The van der Waals surface area contributed by atoms with Gasteiger partial charge in [0.15, 0.2) is 5.69 Å². The fourth-order valence-electron chi connectivity index (χ4n) is 1.50. The molecule has 1 aromatic carbocycles. The highest BCUT2D eigenvalue weighted by atomic mass is 35.5. The molecule has 2 aromatic rings. The minimum Gasteiger partial charge on any atom is -0.477 e. The van der Waals surface area contributed by atoms with Crippen LogP contribution in [0.2, 0.25) is 5.02 Å². The summed E-state index contributed by atoms with van der Waals surface area (Å²) in [6.07, 6.45) is 0. The number of halogens is 2. The van der Waals surface area contributed by atoms with Crippen LogP contribution in [0, 0.1) is 5.82 Å². The van der Waals surface area contributed by atoms with E-state index in [2.05, 4.69) is 4.98 Å². The quantitative estimate of drug-likeness (QED) is 0.876. The van der Waals surface area contributed by atoms with Crippen molar-refractivity contribution >= 4 is 23.4 Å². The molecule has 0 spiro atoms. The van der Waals surface area contributed by atoms with E-state index in [1.54, 1.807) is 0 Å². The standard InChI is InChI=1S/C12H8ClFN2O2/c13-8-5-6(1-3-9(8)14)7-2-4-10(12(17)18)16-11(7)15/h1-5H,(H2,15,16)(H,17,18). The van der Waals surface area contributed by atoms with Gasteiger partial charge in [0.2, 0.25) is 0 Å². The number of anilines is 1. The fourth-order valence-corrected chi connectivity index (χ4v) is 1.68. The van der Waals surface area contributed by atoms with Crippen molar-refractivity contribution in [3.05, 3.63) is 46.9 Å². The summed E-state index contributed by atoms with van der Waals surface area (Å²) >= 11 is 5.67. The summed E-state index contributed by atoms with van der Waals surface area (Å²) in [6, 6.07) is 6.95. The van der Waals surface area contributed by atoms with Crippen LogP contribution in [-0.4, -0.2) is 16.1 Å². The number of carboxylic acids is 1. The van der Waals surface area contributed by atoms with Crippen molar-refractivity contribution in [2.45, 2.75) is 0 Å². The van der Waals surface area contributed by atoms with Gasteiger partial charge in [0.05, 0.1) is 5.02 Å². The number of hydrogen-bond donors (Lipinski definition) is 2. The molecule has 0 aliphatic carbocycles. The Morgan fingerprint density at radius 3 is 2.61 bits per heavy atom. The molecule has 0 radical (unpaired) electrons. The zero-order valence-corrected chi connectivity index (χ0v) is 9.78. The van der Waals surface area contributed by atoms with Crippen LogP contribution in [0.4, 0.5) is 10.2 Å². The molecule has 18 heavy (non-hydrogen) atoms. The average molecular weight is 267 g/mol. The molecule has 0 saturated heterocycles. The van der Waals surface area contributed by atoms with Gasteiger partial charge < -0.3 is 10.8 Å². The van der Waals surface area contributed by atoms with Crippen LogP contribution in [0.15, 0.2) is 30.3 Å². The number of benzene rings is 1. The molecule has 2 rings (SSSR count). The van der Waals surface area contributed by atoms with E-state index in [0.717, 1.165) is 0 Å². The van der Waals surface area contributed by atoms with Gasteiger partial charge >= 0.3 is 5.97 Å². The van der Waals surface area contributed by atoms with Gasteiger partial charge in [-0.25, -0.2) is 14.2 Å². The van der Waals surface area contributed by atoms with Crippen LogP contribution in [-0.2, 0) is 0 Å². The van der Waals surface area contributed by atoms with E-state index in [1.807, 2.05) is 0 Å². The molecule has 4 nitrogen and oxygen atoms in total. The second-order valence-electron chi connectivity index (χ2n) is 3.56. The topological polar surface area (TPSA) is 76.2 Å². The van der Waals surface area contributed by atoms with Crippen molar-refractivity contribution in [1.29, 1.82) is 0 Å². The lowest BCUT2D eigenvalue weighted by Crippen LogP contribution is -2.04. The molecule has 0 aliphatic rings. The molecular formula is C12H8ClFN2O2. The molecule has 0 fully saturated rings. The first kappa shape index (κ1) is 12.3. The predicted octanol–water partition coefficient (Wildman–Crippen LogP) is 2.82. The normalized spacial score (nSPS) is 10.3. The number of aromatic carboxylic acids is 1. The predicted molar refractivity (Wildman–Crippen MR) is 66.0 cm³/mol. The fraction of sp³-hybridized carbons (Fsp3) is 0. The number of pyridine rings is 1. The van der Waals surface area contributed by atoms with Crippen molar-refractivity contribution in [3.63, 3.8) is 0 Å². The summed E-state index contributed by atoms with van der Waals surface area (Å²) in [4.78, 5) is 14.5. The Morgan fingerprint density at radius 2 is 2.06 bits per heavy atom. The summed E-state index contributed by atoms with van der Waals surface area (Å²) in [7, 11) is 0. The molecule has 3 N–H and O–H groups in total. The number of nitrogens with zero attached hydrogens (tertiary/aromatic N) is 1. The molecule has 0 atom stereocenters. The van der Waals surface area contributed by atoms with E-state index < -0.39 is 11.8 Å². The van der Waals surface area contributed by atoms with E-state index in [9.17, 15) is 9.18 Å². The molecule has 0 unspecified atom stereocenters. The van der Waals surface area contributed by atoms with E-state index >= 15 is 0 Å². The van der Waals surface area contributed by atoms with Gasteiger partial charge in [-0.1, -0.05) is 17.7 Å². The molecule has 1 aromatic heterocycles. The number of aromatic nitrogens is 1. The minimum absolute atomic E-state index is 0.0331. The lowest BCUT2D eigenvalue weighted by molar-refractivity contribution is 0.0690. The van der Waals surface area contributed by atoms with E-state index in [0.29, 0.717) is 11.1 Å². The number of nitrogen functional groups attached to an aromatic ring is 1. The average Bonchev–Trinajstić information content (AvgIpc) is 2.32. The smallest absolute Gasteiger partial charge is 0.354 e. The Balaban J connectivity index is 2.51. The molecule has 0 bridgehead atoms. The molecule has 6 heteroatoms. The minimum atomic E-state index is -1.16. The second kappa shape index (κ2) is 4.62. The Labute approximate surface area is 107 Å². The van der Waals surface area contributed by atoms with E-state index in [-0.39, 0.29) is 16.5 Å². The summed E-state index contributed by atoms with van der Waals surface area (Å²) < 4.78 is 13.0. The van der Waals surface area contributed by atoms with Crippen LogP contribution in [0.25, 0.3) is 11.1 Å². The van der Waals surface area contributed by atoms with Gasteiger partial charge in [-0.2, -0.15) is 0 Å². The number of carboxylic acid groups (broad SMARTS) is 1. The molecule has 0 saturated carbocycles. The molecule has 0 aliphatic heterocycles. The second-order valence-corrected chi connectivity index (χ2v) is 3.97. The van der Waals surface area contributed by atoms with Crippen LogP contribution in [0.5, 0.6) is 0 Å². The summed E-state index contributed by atoms with van der Waals surface area (Å²) in [5.41, 5.74) is 6.59. The molecule has 92 valence electrons. The van der Waals surface area contributed by atoms with Gasteiger partial charge in [0.1, 0.15) is 11.6 Å². The molecule has 1 heterocycles. The lowest BCUT2D eigenvalue weighted by atomic mass is 10.1. The Kier molecular flexibility index (Phi) is 3.16. The SMILES string of the molecule is Nc1nc(C(=O)O)ccc1-c1ccc(F)c(Cl)c1. The maximum absolute atomic E-state index is 13.0. The van der Waals surface area contributed by atoms with Gasteiger partial charge in [-0.3, -0.25) is 0 Å². The van der Waals surface area contributed by atoms with Gasteiger partial charge in [0.25, 0.3) is 0 Å². The van der Waals surface area contributed by atoms with Crippen LogP contribution < -0.4 is 5.73 Å². The Bertz CT molecular complexity index is 631. The monoisotopic (exact) mass is 266 g/mol. The third-order valence-corrected chi connectivity index (χ3v) is 2.66. The maximum atomic E-state index is 13.0. The Morgan fingerprint density at radius 1 is 1.33 bits per heavy atom.